The quantitative estimate of drug-likeness (QED) is 0.887. The van der Waals surface area contributed by atoms with E-state index in [1.54, 1.807) is 12.1 Å². The number of ether oxygens (including phenoxy) is 1. The second kappa shape index (κ2) is 5.51. The maximum atomic E-state index is 11.9. The fourth-order valence-electron chi connectivity index (χ4n) is 1.68. The van der Waals surface area contributed by atoms with Crippen LogP contribution in [0.1, 0.15) is 34.1 Å². The molecule has 0 aliphatic carbocycles. The first-order valence-electron chi connectivity index (χ1n) is 5.91. The number of carbonyl (C=O) groups excluding carboxylic acids is 1. The minimum atomic E-state index is -1.17. The molecule has 1 fully saturated rings. The number of hydrogen-bond acceptors (Lipinski definition) is 3. The van der Waals surface area contributed by atoms with Crippen LogP contribution in [-0.4, -0.2) is 35.7 Å². The SMILES string of the molecule is CCC1C[N]C(=NC(=O)c2ccccc2C(=O)O)O1. The van der Waals surface area contributed by atoms with Crippen LogP contribution >= 0.6 is 0 Å². The molecule has 99 valence electrons. The van der Waals surface area contributed by atoms with Crippen molar-refractivity contribution in [2.24, 2.45) is 4.99 Å². The molecule has 1 unspecified atom stereocenters. The van der Waals surface area contributed by atoms with Crippen molar-refractivity contribution in [2.75, 3.05) is 6.54 Å². The van der Waals surface area contributed by atoms with Crippen molar-refractivity contribution in [2.45, 2.75) is 19.4 Å². The van der Waals surface area contributed by atoms with Crippen LogP contribution in [0.3, 0.4) is 0 Å². The summed E-state index contributed by atoms with van der Waals surface area (Å²) < 4.78 is 5.32. The van der Waals surface area contributed by atoms with Gasteiger partial charge in [-0.1, -0.05) is 19.1 Å². The van der Waals surface area contributed by atoms with Gasteiger partial charge in [0.05, 0.1) is 17.7 Å². The van der Waals surface area contributed by atoms with Gasteiger partial charge in [0, 0.05) is 0 Å². The maximum absolute atomic E-state index is 11.9. The molecule has 1 radical (unpaired) electrons. The van der Waals surface area contributed by atoms with E-state index in [0.717, 1.165) is 6.42 Å². The first-order chi connectivity index (χ1) is 9.11. The molecule has 1 aliphatic rings. The van der Waals surface area contributed by atoms with Crippen molar-refractivity contribution < 1.29 is 19.4 Å². The fraction of sp³-hybridized carbons (Fsp3) is 0.308. The highest BCUT2D eigenvalue weighted by Gasteiger charge is 2.23. The van der Waals surface area contributed by atoms with Gasteiger partial charge < -0.3 is 9.84 Å². The molecule has 1 N–H and O–H groups in total. The van der Waals surface area contributed by atoms with Crippen LogP contribution in [0.5, 0.6) is 0 Å². The van der Waals surface area contributed by atoms with E-state index in [4.69, 9.17) is 9.84 Å². The molecule has 6 nitrogen and oxygen atoms in total. The average Bonchev–Trinajstić information content (AvgIpc) is 2.86. The van der Waals surface area contributed by atoms with Gasteiger partial charge >= 0.3 is 12.0 Å². The molecule has 1 heterocycles. The van der Waals surface area contributed by atoms with Crippen molar-refractivity contribution in [3.05, 3.63) is 35.4 Å². The van der Waals surface area contributed by atoms with Crippen molar-refractivity contribution in [1.29, 1.82) is 0 Å². The Labute approximate surface area is 110 Å². The second-order valence-corrected chi connectivity index (χ2v) is 4.04. The Kier molecular flexibility index (Phi) is 3.79. The molecule has 0 saturated carbocycles. The Bertz CT molecular complexity index is 539. The van der Waals surface area contributed by atoms with E-state index in [2.05, 4.69) is 10.3 Å². The minimum Gasteiger partial charge on any atom is -0.478 e. The monoisotopic (exact) mass is 261 g/mol. The Morgan fingerprint density at radius 3 is 2.68 bits per heavy atom. The topological polar surface area (TPSA) is 90.1 Å². The third-order valence-electron chi connectivity index (χ3n) is 2.74. The number of nitrogens with zero attached hydrogens (tertiary/aromatic N) is 2. The van der Waals surface area contributed by atoms with E-state index in [0.29, 0.717) is 6.54 Å². The fourth-order valence-corrected chi connectivity index (χ4v) is 1.68. The number of rotatable bonds is 3. The Morgan fingerprint density at radius 1 is 1.42 bits per heavy atom. The number of carbonyl (C=O) groups is 2. The number of amides is 1. The summed E-state index contributed by atoms with van der Waals surface area (Å²) in [4.78, 5) is 26.6. The lowest BCUT2D eigenvalue weighted by atomic mass is 10.1. The number of aliphatic imine (C=N–C) groups is 1. The molecule has 1 aliphatic heterocycles. The summed E-state index contributed by atoms with van der Waals surface area (Å²) in [5, 5.41) is 13.0. The molecule has 1 aromatic rings. The van der Waals surface area contributed by atoms with E-state index in [1.165, 1.54) is 12.1 Å². The summed E-state index contributed by atoms with van der Waals surface area (Å²) in [5.41, 5.74) is -0.0527. The highest BCUT2D eigenvalue weighted by Crippen LogP contribution is 2.12. The summed E-state index contributed by atoms with van der Waals surface area (Å²) in [7, 11) is 0. The molecule has 1 aromatic carbocycles. The van der Waals surface area contributed by atoms with Gasteiger partial charge in [0.25, 0.3) is 5.91 Å². The van der Waals surface area contributed by atoms with Crippen LogP contribution in [0.2, 0.25) is 0 Å². The van der Waals surface area contributed by atoms with Crippen molar-refractivity contribution in [3.63, 3.8) is 0 Å². The third-order valence-corrected chi connectivity index (χ3v) is 2.74. The number of carboxylic acids is 1. The summed E-state index contributed by atoms with van der Waals surface area (Å²) >= 11 is 0. The van der Waals surface area contributed by atoms with E-state index >= 15 is 0 Å². The van der Waals surface area contributed by atoms with Crippen LogP contribution < -0.4 is 5.32 Å². The smallest absolute Gasteiger partial charge is 0.336 e. The molecular formula is C13H13N2O4. The van der Waals surface area contributed by atoms with E-state index in [-0.39, 0.29) is 23.3 Å². The summed E-state index contributed by atoms with van der Waals surface area (Å²) in [6.45, 7) is 2.42. The number of aromatic carboxylic acids is 1. The lowest BCUT2D eigenvalue weighted by molar-refractivity contribution is 0.0692. The van der Waals surface area contributed by atoms with Crippen LogP contribution in [0, 0.1) is 0 Å². The zero-order valence-corrected chi connectivity index (χ0v) is 10.4. The van der Waals surface area contributed by atoms with Crippen molar-refractivity contribution in [3.8, 4) is 0 Å². The zero-order valence-electron chi connectivity index (χ0n) is 10.4. The summed E-state index contributed by atoms with van der Waals surface area (Å²) in [5.74, 6) is -1.83. The van der Waals surface area contributed by atoms with E-state index in [9.17, 15) is 9.59 Å². The standard InChI is InChI=1S/C13H13N2O4/c1-2-8-7-14-13(19-8)15-11(16)9-5-3-4-6-10(9)12(17)18/h3-6,8H,2,7H2,1H3,(H,17,18). The molecule has 1 amide bonds. The van der Waals surface area contributed by atoms with Gasteiger partial charge in [0.2, 0.25) is 0 Å². The van der Waals surface area contributed by atoms with Crippen molar-refractivity contribution >= 4 is 17.9 Å². The van der Waals surface area contributed by atoms with E-state index < -0.39 is 11.9 Å². The summed E-state index contributed by atoms with van der Waals surface area (Å²) in [6, 6.07) is 5.94. The highest BCUT2D eigenvalue weighted by atomic mass is 16.5. The van der Waals surface area contributed by atoms with Crippen molar-refractivity contribution in [1.82, 2.24) is 5.32 Å². The number of amidine groups is 1. The van der Waals surface area contributed by atoms with Crippen LogP contribution in [-0.2, 0) is 4.74 Å². The molecule has 19 heavy (non-hydrogen) atoms. The lowest BCUT2D eigenvalue weighted by Gasteiger charge is -2.03. The van der Waals surface area contributed by atoms with Gasteiger partial charge in [-0.15, -0.1) is 0 Å². The van der Waals surface area contributed by atoms with Crippen LogP contribution in [0.4, 0.5) is 0 Å². The maximum Gasteiger partial charge on any atom is 0.336 e. The molecule has 1 atom stereocenters. The van der Waals surface area contributed by atoms with Gasteiger partial charge in [0.1, 0.15) is 6.10 Å². The number of benzene rings is 1. The zero-order chi connectivity index (χ0) is 13.8. The molecule has 0 bridgehead atoms. The number of carboxylic acid groups (broad SMARTS) is 1. The molecule has 2 rings (SSSR count). The first kappa shape index (κ1) is 13.1. The predicted molar refractivity (Wildman–Crippen MR) is 67.3 cm³/mol. The van der Waals surface area contributed by atoms with Gasteiger partial charge in [-0.25, -0.2) is 10.1 Å². The van der Waals surface area contributed by atoms with Crippen LogP contribution in [0.15, 0.2) is 29.3 Å². The second-order valence-electron chi connectivity index (χ2n) is 4.04. The normalized spacial score (nSPS) is 19.8. The predicted octanol–water partition coefficient (Wildman–Crippen LogP) is 1.29. The highest BCUT2D eigenvalue weighted by molar-refractivity contribution is 6.08. The first-order valence-corrected chi connectivity index (χ1v) is 5.91. The summed E-state index contributed by atoms with van der Waals surface area (Å²) in [6.07, 6.45) is 0.726. The van der Waals surface area contributed by atoms with Gasteiger partial charge in [-0.3, -0.25) is 4.79 Å². The average molecular weight is 261 g/mol. The van der Waals surface area contributed by atoms with Gasteiger partial charge in [-0.2, -0.15) is 4.99 Å². The minimum absolute atomic E-state index is 0.0250. The number of hydrogen-bond donors (Lipinski definition) is 1. The Hall–Kier alpha value is -2.37. The largest absolute Gasteiger partial charge is 0.478 e. The Morgan fingerprint density at radius 2 is 2.11 bits per heavy atom. The van der Waals surface area contributed by atoms with Gasteiger partial charge in [0.15, 0.2) is 0 Å². The molecule has 1 saturated heterocycles. The molecule has 6 heteroatoms. The Balaban J connectivity index is 2.21. The molecule has 0 spiro atoms. The molecule has 0 aromatic heterocycles. The lowest BCUT2D eigenvalue weighted by Crippen LogP contribution is -2.13. The molecular weight excluding hydrogens is 248 g/mol. The third kappa shape index (κ3) is 2.90. The van der Waals surface area contributed by atoms with Crippen LogP contribution in [0.25, 0.3) is 0 Å². The van der Waals surface area contributed by atoms with Gasteiger partial charge in [-0.05, 0) is 18.6 Å². The van der Waals surface area contributed by atoms with E-state index in [1.807, 2.05) is 6.92 Å².